The molecule has 3 N–H and O–H groups in total. The molecule has 1 rings (SSSR count). The molecule has 1 aliphatic rings. The van der Waals surface area contributed by atoms with Gasteiger partial charge in [-0.3, -0.25) is 4.79 Å². The van der Waals surface area contributed by atoms with Crippen LogP contribution in [0.2, 0.25) is 0 Å². The Hall–Kier alpha value is 0.0700. The maximum atomic E-state index is 11.8. The minimum atomic E-state index is -0.445. The lowest BCUT2D eigenvalue weighted by atomic mass is 9.92. The number of nitrogens with one attached hydrogen (secondary N) is 1. The van der Waals surface area contributed by atoms with E-state index in [1.807, 2.05) is 25.6 Å². The number of thioether (sulfide) groups is 1. The molecule has 0 radical (unpaired) electrons. The normalized spacial score (nSPS) is 25.0. The van der Waals surface area contributed by atoms with Crippen molar-refractivity contribution in [3.63, 3.8) is 0 Å². The topological polar surface area (TPSA) is 55.1 Å². The first-order valence-electron chi connectivity index (χ1n) is 5.52. The van der Waals surface area contributed by atoms with Gasteiger partial charge in [0.25, 0.3) is 0 Å². The molecule has 0 aromatic rings. The lowest BCUT2D eigenvalue weighted by Gasteiger charge is -2.27. The predicted molar refractivity (Wildman–Crippen MR) is 73.2 cm³/mol. The molecule has 0 bridgehead atoms. The Kier molecular flexibility index (Phi) is 6.15. The Balaban J connectivity index is 0.00000225. The highest BCUT2D eigenvalue weighted by atomic mass is 35.5. The Bertz CT molecular complexity index is 240. The molecule has 16 heavy (non-hydrogen) atoms. The Labute approximate surface area is 109 Å². The first-order chi connectivity index (χ1) is 6.90. The summed E-state index contributed by atoms with van der Waals surface area (Å²) in [6, 6.07) is 0. The van der Waals surface area contributed by atoms with Crippen LogP contribution >= 0.6 is 24.2 Å². The third-order valence-corrected chi connectivity index (χ3v) is 4.59. The van der Waals surface area contributed by atoms with Gasteiger partial charge in [-0.05, 0) is 39.4 Å². The molecule has 1 saturated heterocycles. The summed E-state index contributed by atoms with van der Waals surface area (Å²) in [7, 11) is 0. The van der Waals surface area contributed by atoms with Crippen LogP contribution in [0.1, 0.15) is 33.6 Å². The fraction of sp³-hybridized carbons (Fsp3) is 0.909. The van der Waals surface area contributed by atoms with Crippen LogP contribution in [0.5, 0.6) is 0 Å². The standard InChI is InChI=1S/C11H22N2OS.ClH/c1-10(2,7-12)9(14)13-8-11(3)5-4-6-15-11;/h4-8,12H2,1-3H3,(H,13,14);1H. The Morgan fingerprint density at radius 1 is 1.56 bits per heavy atom. The van der Waals surface area contributed by atoms with E-state index < -0.39 is 5.41 Å². The fourth-order valence-corrected chi connectivity index (χ4v) is 2.82. The second-order valence-electron chi connectivity index (χ2n) is 5.17. The van der Waals surface area contributed by atoms with Crippen molar-refractivity contribution in [3.05, 3.63) is 0 Å². The molecule has 1 atom stereocenters. The summed E-state index contributed by atoms with van der Waals surface area (Å²) in [5, 5.41) is 3.02. The number of amides is 1. The predicted octanol–water partition coefficient (Wildman–Crippen LogP) is 1.79. The van der Waals surface area contributed by atoms with E-state index in [2.05, 4.69) is 12.2 Å². The molecule has 0 aliphatic carbocycles. The highest BCUT2D eigenvalue weighted by molar-refractivity contribution is 8.00. The highest BCUT2D eigenvalue weighted by Gasteiger charge is 2.32. The lowest BCUT2D eigenvalue weighted by molar-refractivity contribution is -0.128. The van der Waals surface area contributed by atoms with Crippen LogP contribution < -0.4 is 11.1 Å². The smallest absolute Gasteiger partial charge is 0.226 e. The number of nitrogens with two attached hydrogens (primary N) is 1. The van der Waals surface area contributed by atoms with E-state index in [0.717, 1.165) is 6.54 Å². The van der Waals surface area contributed by atoms with E-state index >= 15 is 0 Å². The molecule has 96 valence electrons. The van der Waals surface area contributed by atoms with Gasteiger partial charge in [0.05, 0.1) is 5.41 Å². The fourth-order valence-electron chi connectivity index (χ4n) is 1.58. The second-order valence-corrected chi connectivity index (χ2v) is 6.86. The highest BCUT2D eigenvalue weighted by Crippen LogP contribution is 2.37. The van der Waals surface area contributed by atoms with E-state index in [4.69, 9.17) is 5.73 Å². The number of hydrogen-bond donors (Lipinski definition) is 2. The largest absolute Gasteiger partial charge is 0.354 e. The van der Waals surface area contributed by atoms with Crippen molar-refractivity contribution in [2.75, 3.05) is 18.8 Å². The van der Waals surface area contributed by atoms with Crippen molar-refractivity contribution < 1.29 is 4.79 Å². The third-order valence-electron chi connectivity index (χ3n) is 3.05. The maximum Gasteiger partial charge on any atom is 0.226 e. The number of carbonyl (C=O) groups is 1. The molecule has 1 aliphatic heterocycles. The number of rotatable bonds is 4. The minimum Gasteiger partial charge on any atom is -0.354 e. The van der Waals surface area contributed by atoms with Gasteiger partial charge in [0.15, 0.2) is 0 Å². The quantitative estimate of drug-likeness (QED) is 0.816. The second kappa shape index (κ2) is 6.12. The van der Waals surface area contributed by atoms with Gasteiger partial charge in [0.1, 0.15) is 0 Å². The minimum absolute atomic E-state index is 0. The van der Waals surface area contributed by atoms with Crippen LogP contribution in [0.15, 0.2) is 0 Å². The molecule has 0 spiro atoms. The lowest BCUT2D eigenvalue weighted by Crippen LogP contribution is -2.46. The Morgan fingerprint density at radius 3 is 2.62 bits per heavy atom. The molecule has 1 heterocycles. The van der Waals surface area contributed by atoms with Crippen LogP contribution in [0, 0.1) is 5.41 Å². The van der Waals surface area contributed by atoms with Gasteiger partial charge in [0.2, 0.25) is 5.91 Å². The molecule has 3 nitrogen and oxygen atoms in total. The molecule has 0 saturated carbocycles. The number of carbonyl (C=O) groups excluding carboxylic acids is 1. The van der Waals surface area contributed by atoms with E-state index in [-0.39, 0.29) is 23.1 Å². The van der Waals surface area contributed by atoms with E-state index in [9.17, 15) is 4.79 Å². The van der Waals surface area contributed by atoms with Gasteiger partial charge in [-0.2, -0.15) is 11.8 Å². The molecule has 0 aromatic carbocycles. The van der Waals surface area contributed by atoms with Crippen LogP contribution in [0.4, 0.5) is 0 Å². The molecule has 5 heteroatoms. The van der Waals surface area contributed by atoms with Crippen LogP contribution in [-0.4, -0.2) is 29.5 Å². The zero-order chi connectivity index (χ0) is 11.5. The zero-order valence-corrected chi connectivity index (χ0v) is 12.0. The molecule has 1 unspecified atom stereocenters. The average molecular weight is 267 g/mol. The van der Waals surface area contributed by atoms with E-state index in [1.54, 1.807) is 0 Å². The third kappa shape index (κ3) is 4.15. The summed E-state index contributed by atoms with van der Waals surface area (Å²) in [6.45, 7) is 7.14. The monoisotopic (exact) mass is 266 g/mol. The zero-order valence-electron chi connectivity index (χ0n) is 10.3. The van der Waals surface area contributed by atoms with Gasteiger partial charge in [-0.25, -0.2) is 0 Å². The van der Waals surface area contributed by atoms with Gasteiger partial charge in [-0.15, -0.1) is 12.4 Å². The van der Waals surface area contributed by atoms with Crippen LogP contribution in [0.25, 0.3) is 0 Å². The van der Waals surface area contributed by atoms with Crippen molar-refractivity contribution in [2.45, 2.75) is 38.4 Å². The number of halogens is 1. The first-order valence-corrected chi connectivity index (χ1v) is 6.50. The Morgan fingerprint density at radius 2 is 2.19 bits per heavy atom. The van der Waals surface area contributed by atoms with Crippen molar-refractivity contribution >= 4 is 30.1 Å². The summed E-state index contributed by atoms with van der Waals surface area (Å²) in [6.07, 6.45) is 2.46. The van der Waals surface area contributed by atoms with E-state index in [1.165, 1.54) is 18.6 Å². The van der Waals surface area contributed by atoms with Crippen molar-refractivity contribution in [1.29, 1.82) is 0 Å². The molecule has 1 amide bonds. The first kappa shape index (κ1) is 16.1. The molecule has 1 fully saturated rings. The van der Waals surface area contributed by atoms with Gasteiger partial charge < -0.3 is 11.1 Å². The summed E-state index contributed by atoms with van der Waals surface area (Å²) in [5.74, 6) is 1.28. The van der Waals surface area contributed by atoms with Gasteiger partial charge in [-0.1, -0.05) is 0 Å². The van der Waals surface area contributed by atoms with E-state index in [0.29, 0.717) is 6.54 Å². The summed E-state index contributed by atoms with van der Waals surface area (Å²) in [4.78, 5) is 11.8. The van der Waals surface area contributed by atoms with Crippen molar-refractivity contribution in [2.24, 2.45) is 11.1 Å². The molecule has 0 aromatic heterocycles. The van der Waals surface area contributed by atoms with Crippen LogP contribution in [-0.2, 0) is 4.79 Å². The molecular formula is C11H23ClN2OS. The summed E-state index contributed by atoms with van der Waals surface area (Å²) < 4.78 is 0.236. The van der Waals surface area contributed by atoms with Gasteiger partial charge in [0, 0.05) is 17.8 Å². The average Bonchev–Trinajstić information content (AvgIpc) is 2.62. The summed E-state index contributed by atoms with van der Waals surface area (Å²) >= 11 is 1.96. The molecular weight excluding hydrogens is 244 g/mol. The maximum absolute atomic E-state index is 11.8. The van der Waals surface area contributed by atoms with Gasteiger partial charge >= 0.3 is 0 Å². The summed E-state index contributed by atoms with van der Waals surface area (Å²) in [5.41, 5.74) is 5.11. The number of hydrogen-bond acceptors (Lipinski definition) is 3. The van der Waals surface area contributed by atoms with Crippen molar-refractivity contribution in [3.8, 4) is 0 Å². The van der Waals surface area contributed by atoms with Crippen molar-refractivity contribution in [1.82, 2.24) is 5.32 Å². The van der Waals surface area contributed by atoms with Crippen LogP contribution in [0.3, 0.4) is 0 Å². The SMILES string of the molecule is CC1(CNC(=O)C(C)(C)CN)CCCS1.Cl.